The molecular formula is C19H20ClN5O2. The van der Waals surface area contributed by atoms with E-state index < -0.39 is 0 Å². The number of amides is 1. The van der Waals surface area contributed by atoms with Gasteiger partial charge >= 0.3 is 0 Å². The second kappa shape index (κ2) is 6.83. The number of hydrogen-bond donors (Lipinski definition) is 2. The van der Waals surface area contributed by atoms with Crippen molar-refractivity contribution in [2.45, 2.75) is 33.4 Å². The third-order valence-corrected chi connectivity index (χ3v) is 5.20. The van der Waals surface area contributed by atoms with Crippen molar-refractivity contribution in [1.29, 1.82) is 0 Å². The Morgan fingerprint density at radius 2 is 2.22 bits per heavy atom. The minimum Gasteiger partial charge on any atom is -0.329 e. The lowest BCUT2D eigenvalue weighted by molar-refractivity contribution is 0.102. The summed E-state index contributed by atoms with van der Waals surface area (Å²) in [4.78, 5) is 25.8. The number of nitrogens with one attached hydrogen (secondary N) is 2. The van der Waals surface area contributed by atoms with Crippen molar-refractivity contribution < 1.29 is 4.79 Å². The highest BCUT2D eigenvalue weighted by Crippen LogP contribution is 2.22. The summed E-state index contributed by atoms with van der Waals surface area (Å²) in [6, 6.07) is 5.28. The number of fused-ring (bicyclic) bond motifs is 2. The van der Waals surface area contributed by atoms with Gasteiger partial charge < -0.3 is 15.2 Å². The topological polar surface area (TPSA) is 80.4 Å². The van der Waals surface area contributed by atoms with Gasteiger partial charge in [-0.15, -0.1) is 0 Å². The fourth-order valence-electron chi connectivity index (χ4n) is 3.63. The summed E-state index contributed by atoms with van der Waals surface area (Å²) in [6.45, 7) is 5.86. The Hall–Kier alpha value is -2.64. The van der Waals surface area contributed by atoms with Crippen LogP contribution in [0.3, 0.4) is 0 Å². The van der Waals surface area contributed by atoms with Crippen LogP contribution >= 0.6 is 11.6 Å². The first kappa shape index (κ1) is 17.8. The van der Waals surface area contributed by atoms with Gasteiger partial charge in [-0.3, -0.25) is 9.59 Å². The van der Waals surface area contributed by atoms with Gasteiger partial charge in [-0.05, 0) is 37.6 Å². The molecule has 3 heterocycles. The van der Waals surface area contributed by atoms with Crippen molar-refractivity contribution in [3.8, 4) is 0 Å². The molecule has 0 spiro atoms. The Morgan fingerprint density at radius 1 is 1.41 bits per heavy atom. The van der Waals surface area contributed by atoms with Crippen LogP contribution in [0.1, 0.15) is 34.1 Å². The van der Waals surface area contributed by atoms with Crippen LogP contribution in [-0.2, 0) is 19.5 Å². The second-order valence-corrected chi connectivity index (χ2v) is 7.04. The molecule has 2 N–H and O–H groups in total. The number of halogens is 1. The zero-order chi connectivity index (χ0) is 19.1. The fraction of sp³-hybridized carbons (Fsp3) is 0.316. The lowest BCUT2D eigenvalue weighted by Gasteiger charge is -2.22. The number of benzene rings is 1. The standard InChI is InChI=1S/C19H20ClN5O2/c1-3-24-16-6-7-21-9-13(16)19(27)25-18(24)14(10-22-25)17(26)23-15-5-4-12(20)8-11(15)2/h4-5,8,10,21H,3,6-7,9H2,1-2H3,(H,23,26). The first-order valence-corrected chi connectivity index (χ1v) is 9.29. The van der Waals surface area contributed by atoms with E-state index in [-0.39, 0.29) is 11.5 Å². The molecule has 1 aliphatic rings. The molecule has 27 heavy (non-hydrogen) atoms. The highest BCUT2D eigenvalue weighted by molar-refractivity contribution is 6.30. The Bertz CT molecular complexity index is 1120. The SMILES string of the molecule is CCn1c2c(c(=O)n3ncc(C(=O)Nc4ccc(Cl)cc4C)c13)CNCC2. The van der Waals surface area contributed by atoms with Crippen LogP contribution in [0.25, 0.3) is 5.65 Å². The van der Waals surface area contributed by atoms with Gasteiger partial charge in [0.2, 0.25) is 0 Å². The maximum absolute atomic E-state index is 12.9. The van der Waals surface area contributed by atoms with Crippen molar-refractivity contribution in [2.75, 3.05) is 11.9 Å². The average molecular weight is 386 g/mol. The summed E-state index contributed by atoms with van der Waals surface area (Å²) >= 11 is 5.99. The maximum Gasteiger partial charge on any atom is 0.279 e. The zero-order valence-corrected chi connectivity index (χ0v) is 15.9. The first-order valence-electron chi connectivity index (χ1n) is 8.91. The van der Waals surface area contributed by atoms with Gasteiger partial charge in [0.15, 0.2) is 5.65 Å². The summed E-state index contributed by atoms with van der Waals surface area (Å²) < 4.78 is 3.35. The zero-order valence-electron chi connectivity index (χ0n) is 15.2. The van der Waals surface area contributed by atoms with Crippen LogP contribution < -0.4 is 16.2 Å². The van der Waals surface area contributed by atoms with E-state index in [0.29, 0.717) is 35.0 Å². The van der Waals surface area contributed by atoms with Crippen molar-refractivity contribution in [3.05, 3.63) is 62.2 Å². The van der Waals surface area contributed by atoms with Gasteiger partial charge in [-0.25, -0.2) is 0 Å². The molecule has 8 heteroatoms. The van der Waals surface area contributed by atoms with Crippen molar-refractivity contribution in [2.24, 2.45) is 0 Å². The minimum atomic E-state index is -0.300. The highest BCUT2D eigenvalue weighted by Gasteiger charge is 2.24. The van der Waals surface area contributed by atoms with E-state index in [0.717, 1.165) is 29.8 Å². The molecule has 4 rings (SSSR count). The number of rotatable bonds is 3. The average Bonchev–Trinajstić information content (AvgIpc) is 3.10. The normalized spacial score (nSPS) is 13.6. The van der Waals surface area contributed by atoms with Crippen molar-refractivity contribution >= 4 is 28.8 Å². The minimum absolute atomic E-state index is 0.168. The van der Waals surface area contributed by atoms with Gasteiger partial charge in [0, 0.05) is 42.5 Å². The summed E-state index contributed by atoms with van der Waals surface area (Å²) in [7, 11) is 0. The van der Waals surface area contributed by atoms with Gasteiger partial charge in [0.05, 0.1) is 11.8 Å². The number of anilines is 1. The Morgan fingerprint density at radius 3 is 2.96 bits per heavy atom. The summed E-state index contributed by atoms with van der Waals surface area (Å²) in [5.41, 5.74) is 3.99. The number of carbonyl (C=O) groups excluding carboxylic acids is 1. The Kier molecular flexibility index (Phi) is 4.49. The Balaban J connectivity index is 1.84. The molecule has 0 saturated carbocycles. The monoisotopic (exact) mass is 385 g/mol. The molecule has 1 aliphatic heterocycles. The summed E-state index contributed by atoms with van der Waals surface area (Å²) in [6.07, 6.45) is 2.21. The predicted octanol–water partition coefficient (Wildman–Crippen LogP) is 2.38. The van der Waals surface area contributed by atoms with Crippen LogP contribution in [0, 0.1) is 6.92 Å². The molecule has 3 aromatic rings. The molecule has 7 nitrogen and oxygen atoms in total. The van der Waals surface area contributed by atoms with Crippen LogP contribution in [-0.4, -0.2) is 26.6 Å². The number of aromatic nitrogens is 3. The van der Waals surface area contributed by atoms with E-state index in [1.54, 1.807) is 18.2 Å². The number of nitrogens with zero attached hydrogens (tertiary/aromatic N) is 3. The smallest absolute Gasteiger partial charge is 0.279 e. The fourth-order valence-corrected chi connectivity index (χ4v) is 3.86. The van der Waals surface area contributed by atoms with Gasteiger partial charge in [0.1, 0.15) is 5.56 Å². The van der Waals surface area contributed by atoms with E-state index in [1.165, 1.54) is 10.7 Å². The number of hydrogen-bond acceptors (Lipinski definition) is 4. The molecule has 1 amide bonds. The molecule has 0 fully saturated rings. The van der Waals surface area contributed by atoms with Crippen LogP contribution in [0.2, 0.25) is 5.02 Å². The van der Waals surface area contributed by atoms with Gasteiger partial charge in [-0.1, -0.05) is 11.6 Å². The van der Waals surface area contributed by atoms with E-state index in [4.69, 9.17) is 11.6 Å². The lowest BCUT2D eigenvalue weighted by Crippen LogP contribution is -2.36. The largest absolute Gasteiger partial charge is 0.329 e. The number of carbonyl (C=O) groups is 1. The molecule has 0 aliphatic carbocycles. The van der Waals surface area contributed by atoms with Crippen molar-refractivity contribution in [1.82, 2.24) is 19.5 Å². The summed E-state index contributed by atoms with van der Waals surface area (Å²) in [5.74, 6) is -0.300. The van der Waals surface area contributed by atoms with E-state index in [1.807, 2.05) is 18.4 Å². The van der Waals surface area contributed by atoms with E-state index >= 15 is 0 Å². The lowest BCUT2D eigenvalue weighted by atomic mass is 10.1. The van der Waals surface area contributed by atoms with E-state index in [2.05, 4.69) is 15.7 Å². The van der Waals surface area contributed by atoms with E-state index in [9.17, 15) is 9.59 Å². The molecule has 140 valence electrons. The second-order valence-electron chi connectivity index (χ2n) is 6.61. The molecule has 2 aromatic heterocycles. The molecule has 0 saturated heterocycles. The quantitative estimate of drug-likeness (QED) is 0.725. The molecular weight excluding hydrogens is 366 g/mol. The van der Waals surface area contributed by atoms with Crippen LogP contribution in [0.5, 0.6) is 0 Å². The number of aryl methyl sites for hydroxylation is 2. The molecule has 0 atom stereocenters. The first-order chi connectivity index (χ1) is 13.0. The predicted molar refractivity (Wildman–Crippen MR) is 105 cm³/mol. The van der Waals surface area contributed by atoms with Gasteiger partial charge in [-0.2, -0.15) is 9.61 Å². The van der Waals surface area contributed by atoms with Crippen LogP contribution in [0.4, 0.5) is 5.69 Å². The summed E-state index contributed by atoms with van der Waals surface area (Å²) in [5, 5.41) is 11.0. The third kappa shape index (κ3) is 2.93. The molecule has 1 aromatic carbocycles. The molecule has 0 unspecified atom stereocenters. The Labute approximate surface area is 160 Å². The molecule has 0 bridgehead atoms. The van der Waals surface area contributed by atoms with Crippen LogP contribution in [0.15, 0.2) is 29.2 Å². The highest BCUT2D eigenvalue weighted by atomic mass is 35.5. The third-order valence-electron chi connectivity index (χ3n) is 4.96. The maximum atomic E-state index is 12.9. The van der Waals surface area contributed by atoms with Gasteiger partial charge in [0.25, 0.3) is 11.5 Å². The van der Waals surface area contributed by atoms with Crippen molar-refractivity contribution in [3.63, 3.8) is 0 Å². The molecule has 0 radical (unpaired) electrons.